The molecule has 1 atom stereocenters. The van der Waals surface area contributed by atoms with Gasteiger partial charge in [-0.2, -0.15) is 0 Å². The van der Waals surface area contributed by atoms with E-state index in [1.807, 2.05) is 0 Å². The number of anilines is 1. The van der Waals surface area contributed by atoms with Gasteiger partial charge in [0, 0.05) is 23.3 Å². The van der Waals surface area contributed by atoms with Gasteiger partial charge >= 0.3 is 5.97 Å². The quantitative estimate of drug-likeness (QED) is 0.802. The molecule has 1 aromatic carbocycles. The van der Waals surface area contributed by atoms with E-state index >= 15 is 0 Å². The van der Waals surface area contributed by atoms with Crippen LogP contribution in [0.25, 0.3) is 10.9 Å². The van der Waals surface area contributed by atoms with E-state index in [4.69, 9.17) is 5.11 Å². The van der Waals surface area contributed by atoms with Crippen LogP contribution in [0, 0.1) is 0 Å². The average Bonchev–Trinajstić information content (AvgIpc) is 2.90. The Kier molecular flexibility index (Phi) is 3.51. The number of hydrogen-bond donors (Lipinski definition) is 3. The van der Waals surface area contributed by atoms with Crippen molar-refractivity contribution in [2.24, 2.45) is 0 Å². The van der Waals surface area contributed by atoms with E-state index in [0.717, 1.165) is 47.1 Å². The number of aromatic nitrogens is 1. The topological polar surface area (TPSA) is 82.5 Å². The van der Waals surface area contributed by atoms with Crippen LogP contribution >= 0.6 is 0 Å². The van der Waals surface area contributed by atoms with Gasteiger partial charge in [-0.1, -0.05) is 0 Å². The van der Waals surface area contributed by atoms with Crippen molar-refractivity contribution in [2.75, 3.05) is 11.9 Å². The summed E-state index contributed by atoms with van der Waals surface area (Å²) in [6.07, 6.45) is 2.49. The van der Waals surface area contributed by atoms with E-state index in [-0.39, 0.29) is 5.56 Å². The van der Waals surface area contributed by atoms with Crippen molar-refractivity contribution in [2.45, 2.75) is 32.3 Å². The second kappa shape index (κ2) is 5.33. The van der Waals surface area contributed by atoms with Crippen molar-refractivity contribution in [1.29, 1.82) is 0 Å². The molecular formula is C16H18N2O3. The molecule has 110 valence electrons. The molecule has 0 unspecified atom stereocenters. The van der Waals surface area contributed by atoms with Gasteiger partial charge < -0.3 is 15.5 Å². The smallest absolute Gasteiger partial charge is 0.335 e. The van der Waals surface area contributed by atoms with Crippen LogP contribution in [0.15, 0.2) is 18.2 Å². The lowest BCUT2D eigenvalue weighted by Crippen LogP contribution is -2.17. The molecule has 0 fully saturated rings. The maximum absolute atomic E-state index is 11.2. The van der Waals surface area contributed by atoms with Crippen molar-refractivity contribution >= 4 is 22.6 Å². The molecule has 0 radical (unpaired) electrons. The molecule has 1 aromatic heterocycles. The van der Waals surface area contributed by atoms with Crippen LogP contribution < -0.4 is 5.32 Å². The fourth-order valence-electron chi connectivity index (χ4n) is 2.85. The molecule has 3 rings (SSSR count). The number of aliphatic hydroxyl groups is 1. The van der Waals surface area contributed by atoms with Crippen LogP contribution in [-0.4, -0.2) is 33.8 Å². The largest absolute Gasteiger partial charge is 0.478 e. The van der Waals surface area contributed by atoms with Gasteiger partial charge in [0.25, 0.3) is 0 Å². The summed E-state index contributed by atoms with van der Waals surface area (Å²) in [5.41, 5.74) is 4.22. The third-order valence-corrected chi connectivity index (χ3v) is 3.83. The Bertz CT molecular complexity index is 710. The summed E-state index contributed by atoms with van der Waals surface area (Å²) in [7, 11) is 0. The van der Waals surface area contributed by atoms with Gasteiger partial charge in [-0.3, -0.25) is 4.98 Å². The van der Waals surface area contributed by atoms with Crippen molar-refractivity contribution < 1.29 is 15.0 Å². The van der Waals surface area contributed by atoms with Crippen LogP contribution in [0.2, 0.25) is 0 Å². The van der Waals surface area contributed by atoms with Gasteiger partial charge in [0.05, 0.1) is 17.2 Å². The molecule has 21 heavy (non-hydrogen) atoms. The summed E-state index contributed by atoms with van der Waals surface area (Å²) in [5, 5.41) is 22.8. The van der Waals surface area contributed by atoms with E-state index in [0.29, 0.717) is 6.54 Å². The number of aryl methyl sites for hydroxylation is 1. The molecule has 0 saturated carbocycles. The molecule has 3 N–H and O–H groups in total. The molecule has 1 aliphatic carbocycles. The number of fused-ring (bicyclic) bond motifs is 2. The van der Waals surface area contributed by atoms with E-state index in [1.54, 1.807) is 25.1 Å². The maximum Gasteiger partial charge on any atom is 0.335 e. The Morgan fingerprint density at radius 2 is 2.24 bits per heavy atom. The Morgan fingerprint density at radius 3 is 2.95 bits per heavy atom. The van der Waals surface area contributed by atoms with Crippen LogP contribution in [0.5, 0.6) is 0 Å². The summed E-state index contributed by atoms with van der Waals surface area (Å²) in [4.78, 5) is 15.8. The fraction of sp³-hybridized carbons (Fsp3) is 0.375. The molecule has 1 heterocycles. The van der Waals surface area contributed by atoms with E-state index in [9.17, 15) is 9.90 Å². The second-order valence-electron chi connectivity index (χ2n) is 5.53. The van der Waals surface area contributed by atoms with E-state index < -0.39 is 12.1 Å². The monoisotopic (exact) mass is 286 g/mol. The first-order valence-corrected chi connectivity index (χ1v) is 7.17. The van der Waals surface area contributed by atoms with Crippen molar-refractivity contribution in [3.63, 3.8) is 0 Å². The number of aromatic carboxylic acids is 1. The van der Waals surface area contributed by atoms with Crippen molar-refractivity contribution in [1.82, 2.24) is 4.98 Å². The van der Waals surface area contributed by atoms with Gasteiger partial charge in [0.2, 0.25) is 0 Å². The predicted octanol–water partition coefficient (Wildman–Crippen LogP) is 2.21. The number of aliphatic hydroxyl groups excluding tert-OH is 1. The molecular weight excluding hydrogens is 268 g/mol. The number of nitrogens with zero attached hydrogens (tertiary/aromatic N) is 1. The highest BCUT2D eigenvalue weighted by Gasteiger charge is 2.20. The molecule has 0 bridgehead atoms. The number of carboxylic acids is 1. The third-order valence-electron chi connectivity index (χ3n) is 3.83. The van der Waals surface area contributed by atoms with Gasteiger partial charge in [0.15, 0.2) is 0 Å². The lowest BCUT2D eigenvalue weighted by atomic mass is 10.0. The summed E-state index contributed by atoms with van der Waals surface area (Å²) in [6.45, 7) is 2.15. The standard InChI is InChI=1S/C16H18N2O3/c1-9(19)8-17-15-11-3-2-4-13(11)18-14-6-5-10(16(20)21)7-12(14)15/h5-7,9,19H,2-4,8H2,1H3,(H,17,18)(H,20,21)/t9-/m1/s1. The van der Waals surface area contributed by atoms with Crippen LogP contribution in [-0.2, 0) is 12.8 Å². The highest BCUT2D eigenvalue weighted by atomic mass is 16.4. The first-order chi connectivity index (χ1) is 10.1. The zero-order valence-corrected chi connectivity index (χ0v) is 11.9. The average molecular weight is 286 g/mol. The van der Waals surface area contributed by atoms with Gasteiger partial charge in [-0.15, -0.1) is 0 Å². The second-order valence-corrected chi connectivity index (χ2v) is 5.53. The van der Waals surface area contributed by atoms with Crippen molar-refractivity contribution in [3.05, 3.63) is 35.0 Å². The third kappa shape index (κ3) is 2.56. The molecule has 0 aliphatic heterocycles. The summed E-state index contributed by atoms with van der Waals surface area (Å²) >= 11 is 0. The van der Waals surface area contributed by atoms with E-state index in [1.165, 1.54) is 0 Å². The lowest BCUT2D eigenvalue weighted by Gasteiger charge is -2.16. The van der Waals surface area contributed by atoms with E-state index in [2.05, 4.69) is 10.3 Å². The maximum atomic E-state index is 11.2. The minimum absolute atomic E-state index is 0.252. The lowest BCUT2D eigenvalue weighted by molar-refractivity contribution is 0.0697. The first kappa shape index (κ1) is 13.8. The van der Waals surface area contributed by atoms with Gasteiger partial charge in [-0.25, -0.2) is 4.79 Å². The molecule has 0 spiro atoms. The number of benzene rings is 1. The van der Waals surface area contributed by atoms with Crippen LogP contribution in [0.1, 0.15) is 35.0 Å². The highest BCUT2D eigenvalue weighted by molar-refractivity contribution is 5.99. The number of nitrogens with one attached hydrogen (secondary N) is 1. The highest BCUT2D eigenvalue weighted by Crippen LogP contribution is 2.34. The first-order valence-electron chi connectivity index (χ1n) is 7.17. The molecule has 0 saturated heterocycles. The predicted molar refractivity (Wildman–Crippen MR) is 80.9 cm³/mol. The zero-order chi connectivity index (χ0) is 15.0. The molecule has 0 amide bonds. The number of carboxylic acid groups (broad SMARTS) is 1. The summed E-state index contributed by atoms with van der Waals surface area (Å²) < 4.78 is 0. The minimum atomic E-state index is -0.945. The van der Waals surface area contributed by atoms with Gasteiger partial charge in [0.1, 0.15) is 0 Å². The molecule has 5 nitrogen and oxygen atoms in total. The van der Waals surface area contributed by atoms with Crippen LogP contribution in [0.4, 0.5) is 5.69 Å². The zero-order valence-electron chi connectivity index (χ0n) is 11.9. The Hall–Kier alpha value is -2.14. The summed E-state index contributed by atoms with van der Waals surface area (Å²) in [5.74, 6) is -0.945. The van der Waals surface area contributed by atoms with Gasteiger partial charge in [-0.05, 0) is 49.9 Å². The Balaban J connectivity index is 2.18. The number of pyridine rings is 1. The number of hydrogen-bond acceptors (Lipinski definition) is 4. The summed E-state index contributed by atoms with van der Waals surface area (Å²) in [6, 6.07) is 5.00. The normalized spacial score (nSPS) is 15.0. The Labute approximate surface area is 122 Å². The van der Waals surface area contributed by atoms with Crippen LogP contribution in [0.3, 0.4) is 0 Å². The molecule has 5 heteroatoms. The SMILES string of the molecule is C[C@@H](O)CNc1c2c(nc3ccc(C(=O)O)cc13)CCC2. The molecule has 1 aliphatic rings. The van der Waals surface area contributed by atoms with Crippen molar-refractivity contribution in [3.8, 4) is 0 Å². The fourth-order valence-corrected chi connectivity index (χ4v) is 2.85. The number of rotatable bonds is 4. The molecule has 2 aromatic rings. The Morgan fingerprint density at radius 1 is 1.43 bits per heavy atom. The number of carbonyl (C=O) groups is 1. The minimum Gasteiger partial charge on any atom is -0.478 e.